The molecule has 4 heterocycles. The van der Waals surface area contributed by atoms with Crippen molar-refractivity contribution < 1.29 is 73.2 Å². The third-order valence-corrected chi connectivity index (χ3v) is 14.8. The molecule has 21 nitrogen and oxygen atoms in total. The molecule has 0 spiro atoms. The zero-order valence-corrected chi connectivity index (χ0v) is 42.9. The summed E-state index contributed by atoms with van der Waals surface area (Å²) in [7, 11) is 3.32. The highest BCUT2D eigenvalue weighted by Crippen LogP contribution is 2.40. The maximum absolute atomic E-state index is 14.4. The summed E-state index contributed by atoms with van der Waals surface area (Å²) in [5.41, 5.74) is -4.47. The van der Waals surface area contributed by atoms with Gasteiger partial charge in [0.2, 0.25) is 0 Å². The highest BCUT2D eigenvalue weighted by Gasteiger charge is 2.53. The molecule has 18 atom stereocenters. The monoisotopic (exact) mass is 994 g/mol. The summed E-state index contributed by atoms with van der Waals surface area (Å²) in [6, 6.07) is 5.53. The van der Waals surface area contributed by atoms with E-state index in [0.29, 0.717) is 18.5 Å². The molecule has 5 N–H and O–H groups in total. The second kappa shape index (κ2) is 23.9. The molecule has 0 amide bonds. The van der Waals surface area contributed by atoms with Crippen molar-refractivity contribution in [2.45, 2.75) is 199 Å². The number of hydrogen-bond donors (Lipinski definition) is 5. The summed E-state index contributed by atoms with van der Waals surface area (Å²) in [4.78, 5) is 41.3. The highest BCUT2D eigenvalue weighted by atomic mass is 16.7. The Morgan fingerprint density at radius 1 is 0.986 bits per heavy atom. The molecule has 70 heavy (non-hydrogen) atoms. The number of likely N-dealkylation sites (N-methyl/N-ethyl adjacent to an activating group) is 1. The predicted octanol–water partition coefficient (Wildman–Crippen LogP) is 3.37. The molecule has 3 aliphatic heterocycles. The first-order valence-corrected chi connectivity index (χ1v) is 24.6. The molecule has 0 saturated carbocycles. The Morgan fingerprint density at radius 2 is 1.67 bits per heavy atom. The van der Waals surface area contributed by atoms with Gasteiger partial charge in [-0.3, -0.25) is 24.6 Å². The molecule has 1 aromatic carbocycles. The Bertz CT molecular complexity index is 2040. The van der Waals surface area contributed by atoms with Gasteiger partial charge in [-0.2, -0.15) is 0 Å². The summed E-state index contributed by atoms with van der Waals surface area (Å²) in [6.45, 7) is 17.0. The minimum absolute atomic E-state index is 0.0849. The van der Waals surface area contributed by atoms with E-state index in [4.69, 9.17) is 33.2 Å². The number of nitrogens with zero attached hydrogens (tertiary/aromatic N) is 5. The summed E-state index contributed by atoms with van der Waals surface area (Å²) >= 11 is 0. The number of carbonyl (C=O) groups excluding carboxylic acids is 2. The summed E-state index contributed by atoms with van der Waals surface area (Å²) in [5.74, 6) is -5.07. The SMILES string of the molecule is CCC[C@H]1OC(=O)[C@H](C)[C@@H](OC[C@H]2C[C@@](C)(OC)[C@@H](O)[C@H](C)O2)[C@H](C)[C@@H](O[C@@H]2O[C@H](C)C[C@H](N(C)Cc3cn(CCOc4ccccc4[N+](=O)[O-])nn3)[C@H]2O)[C@](C)(O)C[C@@H](C)C(=O)[C@H](C)[C@@H](O)[C@]1(C)O. The van der Waals surface area contributed by atoms with Crippen LogP contribution in [0.2, 0.25) is 0 Å². The fourth-order valence-electron chi connectivity index (χ4n) is 10.6. The number of nitro benzene ring substituents is 1. The number of ketones is 1. The summed E-state index contributed by atoms with van der Waals surface area (Å²) in [6.07, 6.45) is -7.71. The van der Waals surface area contributed by atoms with Crippen LogP contribution in [0.25, 0.3) is 0 Å². The number of nitro groups is 1. The van der Waals surface area contributed by atoms with Crippen LogP contribution in [0.4, 0.5) is 5.69 Å². The fourth-order valence-corrected chi connectivity index (χ4v) is 10.6. The average Bonchev–Trinajstić information content (AvgIpc) is 3.75. The highest BCUT2D eigenvalue weighted by molar-refractivity contribution is 5.83. The number of aliphatic hydroxyl groups is 5. The van der Waals surface area contributed by atoms with Gasteiger partial charge in [-0.05, 0) is 73.9 Å². The van der Waals surface area contributed by atoms with E-state index < -0.39 is 124 Å². The minimum atomic E-state index is -2.03. The molecule has 3 saturated heterocycles. The van der Waals surface area contributed by atoms with Gasteiger partial charge in [-0.1, -0.05) is 51.5 Å². The van der Waals surface area contributed by atoms with Crippen LogP contribution in [-0.4, -0.2) is 174 Å². The van der Waals surface area contributed by atoms with E-state index in [1.807, 2.05) is 25.8 Å². The molecular weight excluding hydrogens is 915 g/mol. The average molecular weight is 994 g/mol. The van der Waals surface area contributed by atoms with Crippen molar-refractivity contribution in [2.24, 2.45) is 23.7 Å². The normalized spacial score (nSPS) is 39.3. The van der Waals surface area contributed by atoms with Crippen LogP contribution >= 0.6 is 0 Å². The molecule has 0 bridgehead atoms. The lowest BCUT2D eigenvalue weighted by molar-refractivity contribution is -0.385. The maximum Gasteiger partial charge on any atom is 0.311 e. The number of aliphatic hydroxyl groups excluding tert-OH is 3. The Morgan fingerprint density at radius 3 is 2.33 bits per heavy atom. The largest absolute Gasteiger partial charge is 0.485 e. The molecule has 3 fully saturated rings. The Hall–Kier alpha value is -3.74. The number of carbonyl (C=O) groups is 2. The number of esters is 1. The number of aromatic nitrogens is 3. The van der Waals surface area contributed by atoms with Crippen molar-refractivity contribution in [3.63, 3.8) is 0 Å². The van der Waals surface area contributed by atoms with Crippen molar-refractivity contribution >= 4 is 17.4 Å². The molecule has 2 aromatic rings. The van der Waals surface area contributed by atoms with Crippen LogP contribution < -0.4 is 4.74 Å². The standard InChI is InChI=1S/C49H79N5O16/c1-13-16-38-49(10,61)42(57)29(4)39(55)27(2)22-47(8,60)44(30(5)41(31(6)45(59)69-38)66-26-34-23-48(9,64-12)43(58)32(7)68-34)70-46-40(56)36(21-28(3)67-46)52(11)24-33-25-53(51-50-33)19-20-65-37-18-15-14-17-35(37)54(62)63/h14-15,17-18,25,27-32,34,36,38,40-44,46,56-58,60-61H,13,16,19-24,26H2,1-12H3/t27-,28-,29+,30+,31-,32+,34-,36+,38-,40-,41+,42-,43+,44-,46+,47-,48-,49-/m1/s1. The van der Waals surface area contributed by atoms with Crippen molar-refractivity contribution in [3.05, 3.63) is 46.3 Å². The predicted molar refractivity (Wildman–Crippen MR) is 252 cm³/mol. The first-order valence-electron chi connectivity index (χ1n) is 24.6. The van der Waals surface area contributed by atoms with Gasteiger partial charge in [0.15, 0.2) is 12.0 Å². The molecule has 0 radical (unpaired) electrons. The van der Waals surface area contributed by atoms with Crippen LogP contribution in [0.5, 0.6) is 5.75 Å². The number of ether oxygens (including phenoxy) is 7. The third kappa shape index (κ3) is 13.3. The van der Waals surface area contributed by atoms with E-state index in [-0.39, 0.29) is 57.0 Å². The van der Waals surface area contributed by atoms with Gasteiger partial charge in [-0.15, -0.1) is 5.10 Å². The van der Waals surface area contributed by atoms with Crippen LogP contribution in [0.15, 0.2) is 30.5 Å². The van der Waals surface area contributed by atoms with Gasteiger partial charge in [0.05, 0.1) is 77.5 Å². The van der Waals surface area contributed by atoms with Crippen LogP contribution in [-0.2, 0) is 51.1 Å². The molecule has 1 aromatic heterocycles. The van der Waals surface area contributed by atoms with Gasteiger partial charge in [0.1, 0.15) is 36.3 Å². The number of para-hydroxylation sites is 2. The lowest BCUT2D eigenvalue weighted by atomic mass is 9.74. The molecule has 21 heteroatoms. The van der Waals surface area contributed by atoms with Crippen LogP contribution in [0.1, 0.15) is 107 Å². The van der Waals surface area contributed by atoms with E-state index in [2.05, 4.69) is 10.3 Å². The van der Waals surface area contributed by atoms with E-state index in [0.717, 1.165) is 0 Å². The van der Waals surface area contributed by atoms with Crippen molar-refractivity contribution in [1.82, 2.24) is 19.9 Å². The number of hydrogen-bond acceptors (Lipinski definition) is 19. The van der Waals surface area contributed by atoms with E-state index >= 15 is 0 Å². The minimum Gasteiger partial charge on any atom is -0.485 e. The first-order chi connectivity index (χ1) is 32.8. The van der Waals surface area contributed by atoms with Gasteiger partial charge in [0, 0.05) is 56.1 Å². The first kappa shape index (κ1) is 57.2. The van der Waals surface area contributed by atoms with E-state index in [9.17, 15) is 45.2 Å². The van der Waals surface area contributed by atoms with Crippen LogP contribution in [0, 0.1) is 33.8 Å². The number of cyclic esters (lactones) is 1. The van der Waals surface area contributed by atoms with Gasteiger partial charge >= 0.3 is 11.7 Å². The smallest absolute Gasteiger partial charge is 0.311 e. The summed E-state index contributed by atoms with van der Waals surface area (Å²) < 4.78 is 45.0. The Labute approximate surface area is 411 Å². The van der Waals surface area contributed by atoms with Crippen molar-refractivity contribution in [3.8, 4) is 5.75 Å². The third-order valence-electron chi connectivity index (χ3n) is 14.8. The second-order valence-corrected chi connectivity index (χ2v) is 20.7. The molecular formula is C49H79N5O16. The Kier molecular flexibility index (Phi) is 19.5. The lowest BCUT2D eigenvalue weighted by Gasteiger charge is -2.48. The topological polar surface area (TPSA) is 277 Å². The lowest BCUT2D eigenvalue weighted by Crippen LogP contribution is -2.60. The van der Waals surface area contributed by atoms with Crippen molar-refractivity contribution in [2.75, 3.05) is 27.4 Å². The van der Waals surface area contributed by atoms with E-state index in [1.165, 1.54) is 40.0 Å². The summed E-state index contributed by atoms with van der Waals surface area (Å²) in [5, 5.41) is 79.1. The second-order valence-electron chi connectivity index (χ2n) is 20.7. The van der Waals surface area contributed by atoms with Gasteiger partial charge in [0.25, 0.3) is 0 Å². The zero-order valence-electron chi connectivity index (χ0n) is 42.9. The molecule has 0 aliphatic carbocycles. The fraction of sp³-hybridized carbons (Fsp3) is 0.796. The van der Waals surface area contributed by atoms with E-state index in [1.54, 1.807) is 57.6 Å². The Balaban J connectivity index is 1.43. The molecule has 396 valence electrons. The number of Topliss-reactive ketones (excluding diaryl/α,β-unsaturated/α-hetero) is 1. The maximum atomic E-state index is 14.4. The van der Waals surface area contributed by atoms with Crippen molar-refractivity contribution in [1.29, 1.82) is 0 Å². The molecule has 5 rings (SSSR count). The van der Waals surface area contributed by atoms with Gasteiger partial charge in [-0.25, -0.2) is 4.68 Å². The molecule has 3 aliphatic rings. The van der Waals surface area contributed by atoms with Gasteiger partial charge < -0.3 is 58.7 Å². The quantitative estimate of drug-likeness (QED) is 0.0916. The number of rotatable bonds is 16. The zero-order chi connectivity index (χ0) is 52.0. The number of methoxy groups -OCH3 is 1. The molecule has 0 unspecified atom stereocenters. The number of benzene rings is 1. The van der Waals surface area contributed by atoms with Crippen LogP contribution in [0.3, 0.4) is 0 Å².